The molecule has 0 N–H and O–H groups in total. The molecule has 13 heavy (non-hydrogen) atoms. The van der Waals surface area contributed by atoms with Crippen LogP contribution >= 0.6 is 0 Å². The molecule has 74 valence electrons. The molecule has 0 heteroatoms. The fraction of sp³-hybridized carbons (Fsp3) is 0.846. The molecule has 0 saturated heterocycles. The molecule has 2 aliphatic carbocycles. The molecule has 0 nitrogen and oxygen atoms in total. The predicted octanol–water partition coefficient (Wildman–Crippen LogP) is 4.17. The van der Waals surface area contributed by atoms with Crippen LogP contribution in [0.2, 0.25) is 0 Å². The van der Waals surface area contributed by atoms with Crippen LogP contribution in [-0.2, 0) is 0 Å². The summed E-state index contributed by atoms with van der Waals surface area (Å²) in [6, 6.07) is 0. The second-order valence-corrected chi connectivity index (χ2v) is 5.06. The maximum atomic E-state index is 2.41. The summed E-state index contributed by atoms with van der Waals surface area (Å²) in [5, 5.41) is 0. The first-order valence-electron chi connectivity index (χ1n) is 6.01. The van der Waals surface area contributed by atoms with Gasteiger partial charge in [-0.15, -0.1) is 0 Å². The number of hydrogen-bond donors (Lipinski definition) is 0. The molecular formula is C13H22. The molecule has 0 heterocycles. The van der Waals surface area contributed by atoms with Crippen LogP contribution in [0.4, 0.5) is 0 Å². The molecule has 0 bridgehead atoms. The fourth-order valence-corrected chi connectivity index (χ4v) is 3.00. The van der Waals surface area contributed by atoms with Gasteiger partial charge in [-0.25, -0.2) is 0 Å². The standard InChI is InChI=1S/C13H22/c1-11-7-9-13(10-8-11)12-5-3-2-4-6-12/h2-3,11-13H,4-10H2,1H3. The van der Waals surface area contributed by atoms with E-state index in [4.69, 9.17) is 0 Å². The summed E-state index contributed by atoms with van der Waals surface area (Å²) < 4.78 is 0. The summed E-state index contributed by atoms with van der Waals surface area (Å²) in [5.74, 6) is 3.12. The molecule has 1 saturated carbocycles. The van der Waals surface area contributed by atoms with Crippen LogP contribution in [-0.4, -0.2) is 0 Å². The lowest BCUT2D eigenvalue weighted by Gasteiger charge is -2.33. The highest BCUT2D eigenvalue weighted by molar-refractivity contribution is 4.92. The maximum Gasteiger partial charge on any atom is -0.0319 e. The van der Waals surface area contributed by atoms with Gasteiger partial charge < -0.3 is 0 Å². The third-order valence-electron chi connectivity index (χ3n) is 4.04. The van der Waals surface area contributed by atoms with Gasteiger partial charge in [-0.3, -0.25) is 0 Å². The van der Waals surface area contributed by atoms with Crippen LogP contribution in [0, 0.1) is 17.8 Å². The summed E-state index contributed by atoms with van der Waals surface area (Å²) >= 11 is 0. The van der Waals surface area contributed by atoms with Crippen LogP contribution < -0.4 is 0 Å². The SMILES string of the molecule is CC1CCC(C2CC=CCC2)CC1. The van der Waals surface area contributed by atoms with E-state index >= 15 is 0 Å². The topological polar surface area (TPSA) is 0 Å². The van der Waals surface area contributed by atoms with Crippen molar-refractivity contribution in [2.24, 2.45) is 17.8 Å². The Bertz CT molecular complexity index is 172. The molecule has 0 aromatic carbocycles. The van der Waals surface area contributed by atoms with E-state index in [0.717, 1.165) is 17.8 Å². The second-order valence-electron chi connectivity index (χ2n) is 5.06. The van der Waals surface area contributed by atoms with E-state index in [1.54, 1.807) is 0 Å². The van der Waals surface area contributed by atoms with Crippen molar-refractivity contribution in [1.82, 2.24) is 0 Å². The van der Waals surface area contributed by atoms with Gasteiger partial charge in [0.15, 0.2) is 0 Å². The van der Waals surface area contributed by atoms with E-state index in [9.17, 15) is 0 Å². The van der Waals surface area contributed by atoms with E-state index in [1.807, 2.05) is 0 Å². The largest absolute Gasteiger partial charge is 0.0885 e. The quantitative estimate of drug-likeness (QED) is 0.529. The molecule has 0 aromatic heterocycles. The predicted molar refractivity (Wildman–Crippen MR) is 57.6 cm³/mol. The zero-order chi connectivity index (χ0) is 9.10. The minimum atomic E-state index is 1.01. The highest BCUT2D eigenvalue weighted by Crippen LogP contribution is 2.37. The van der Waals surface area contributed by atoms with E-state index in [1.165, 1.54) is 44.9 Å². The lowest BCUT2D eigenvalue weighted by molar-refractivity contribution is 0.201. The lowest BCUT2D eigenvalue weighted by Crippen LogP contribution is -2.21. The van der Waals surface area contributed by atoms with Crippen molar-refractivity contribution in [2.45, 2.75) is 51.9 Å². The van der Waals surface area contributed by atoms with Crippen LogP contribution in [0.5, 0.6) is 0 Å². The highest BCUT2D eigenvalue weighted by atomic mass is 14.3. The van der Waals surface area contributed by atoms with E-state index in [2.05, 4.69) is 19.1 Å². The van der Waals surface area contributed by atoms with Crippen molar-refractivity contribution < 1.29 is 0 Å². The van der Waals surface area contributed by atoms with Crippen molar-refractivity contribution in [3.8, 4) is 0 Å². The molecule has 0 radical (unpaired) electrons. The zero-order valence-electron chi connectivity index (χ0n) is 8.84. The summed E-state index contributed by atoms with van der Waals surface area (Å²) in [7, 11) is 0. The molecule has 0 aromatic rings. The molecule has 1 fully saturated rings. The van der Waals surface area contributed by atoms with Gasteiger partial charge in [0.05, 0.1) is 0 Å². The molecule has 1 unspecified atom stereocenters. The molecule has 0 amide bonds. The Morgan fingerprint density at radius 1 is 0.846 bits per heavy atom. The molecular weight excluding hydrogens is 156 g/mol. The van der Waals surface area contributed by atoms with E-state index in [0.29, 0.717) is 0 Å². The monoisotopic (exact) mass is 178 g/mol. The Balaban J connectivity index is 1.83. The zero-order valence-corrected chi connectivity index (χ0v) is 8.84. The summed E-state index contributed by atoms with van der Waals surface area (Å²) in [5.41, 5.74) is 0. The van der Waals surface area contributed by atoms with Crippen LogP contribution in [0.15, 0.2) is 12.2 Å². The average molecular weight is 178 g/mol. The number of allylic oxidation sites excluding steroid dienone is 2. The molecule has 0 spiro atoms. The van der Waals surface area contributed by atoms with Gasteiger partial charge in [0, 0.05) is 0 Å². The van der Waals surface area contributed by atoms with Crippen molar-refractivity contribution in [3.63, 3.8) is 0 Å². The highest BCUT2D eigenvalue weighted by Gasteiger charge is 2.25. The summed E-state index contributed by atoms with van der Waals surface area (Å²) in [6.45, 7) is 2.41. The van der Waals surface area contributed by atoms with Gasteiger partial charge in [0.25, 0.3) is 0 Å². The lowest BCUT2D eigenvalue weighted by atomic mass is 9.73. The number of rotatable bonds is 1. The summed E-state index contributed by atoms with van der Waals surface area (Å²) in [4.78, 5) is 0. The van der Waals surface area contributed by atoms with Gasteiger partial charge in [-0.2, -0.15) is 0 Å². The Kier molecular flexibility index (Phi) is 3.08. The molecule has 2 rings (SSSR count). The van der Waals surface area contributed by atoms with Crippen molar-refractivity contribution in [3.05, 3.63) is 12.2 Å². The second kappa shape index (κ2) is 4.30. The van der Waals surface area contributed by atoms with Crippen LogP contribution in [0.3, 0.4) is 0 Å². The molecule has 1 atom stereocenters. The Hall–Kier alpha value is -0.260. The van der Waals surface area contributed by atoms with E-state index < -0.39 is 0 Å². The number of hydrogen-bond acceptors (Lipinski definition) is 0. The molecule has 2 aliphatic rings. The Morgan fingerprint density at radius 2 is 1.62 bits per heavy atom. The third-order valence-corrected chi connectivity index (χ3v) is 4.04. The van der Waals surface area contributed by atoms with Gasteiger partial charge >= 0.3 is 0 Å². The first-order valence-corrected chi connectivity index (χ1v) is 6.01. The average Bonchev–Trinajstić information content (AvgIpc) is 2.20. The van der Waals surface area contributed by atoms with Gasteiger partial charge in [-0.1, -0.05) is 31.9 Å². The van der Waals surface area contributed by atoms with E-state index in [-0.39, 0.29) is 0 Å². The van der Waals surface area contributed by atoms with Crippen molar-refractivity contribution in [2.75, 3.05) is 0 Å². The molecule has 0 aliphatic heterocycles. The minimum Gasteiger partial charge on any atom is -0.0885 e. The van der Waals surface area contributed by atoms with Crippen LogP contribution in [0.1, 0.15) is 51.9 Å². The minimum absolute atomic E-state index is 1.01. The first kappa shape index (κ1) is 9.30. The van der Waals surface area contributed by atoms with Crippen LogP contribution in [0.25, 0.3) is 0 Å². The first-order chi connectivity index (χ1) is 6.36. The smallest absolute Gasteiger partial charge is 0.0319 e. The fourth-order valence-electron chi connectivity index (χ4n) is 3.00. The Labute approximate surface area is 82.4 Å². The summed E-state index contributed by atoms with van der Waals surface area (Å²) in [6.07, 6.45) is 15.0. The van der Waals surface area contributed by atoms with Gasteiger partial charge in [0.2, 0.25) is 0 Å². The Morgan fingerprint density at radius 3 is 2.23 bits per heavy atom. The van der Waals surface area contributed by atoms with Gasteiger partial charge in [-0.05, 0) is 49.9 Å². The normalized spacial score (nSPS) is 40.5. The third kappa shape index (κ3) is 2.36. The van der Waals surface area contributed by atoms with Gasteiger partial charge in [0.1, 0.15) is 0 Å². The van der Waals surface area contributed by atoms with Crippen molar-refractivity contribution in [1.29, 1.82) is 0 Å². The van der Waals surface area contributed by atoms with Crippen molar-refractivity contribution >= 4 is 0 Å². The maximum absolute atomic E-state index is 2.41.